The van der Waals surface area contributed by atoms with Gasteiger partial charge in [0.05, 0.1) is 33.2 Å². The molecule has 62 heavy (non-hydrogen) atoms. The van der Waals surface area contributed by atoms with Crippen molar-refractivity contribution in [2.45, 2.75) is 158 Å². The molecule has 13 N–H and O–H groups in total. The Morgan fingerprint density at radius 2 is 0.323 bits per heavy atom. The minimum atomic E-state index is -0.431. The van der Waals surface area contributed by atoms with E-state index in [1.165, 1.54) is 76.8 Å². The molecule has 0 aliphatic heterocycles. The van der Waals surface area contributed by atoms with Crippen LogP contribution in [0.5, 0.6) is 0 Å². The van der Waals surface area contributed by atoms with Crippen molar-refractivity contribution in [3.05, 3.63) is 0 Å². The first-order chi connectivity index (χ1) is 25.9. The zero-order valence-electron chi connectivity index (χ0n) is 51.8. The van der Waals surface area contributed by atoms with Gasteiger partial charge in [0.25, 0.3) is 0 Å². The predicted molar refractivity (Wildman–Crippen MR) is 275 cm³/mol. The maximum atomic E-state index is 11.5. The van der Waals surface area contributed by atoms with E-state index in [0.29, 0.717) is 0 Å². The monoisotopic (exact) mass is 890 g/mol. The number of amides is 6. The van der Waals surface area contributed by atoms with Crippen molar-refractivity contribution in [1.29, 1.82) is 0 Å². The summed E-state index contributed by atoms with van der Waals surface area (Å²) in [5.74, 6) is -0.0276. The van der Waals surface area contributed by atoms with Gasteiger partial charge in [0, 0.05) is 83.8 Å². The predicted octanol–water partition coefficient (Wildman–Crippen LogP) is 2.07. The summed E-state index contributed by atoms with van der Waals surface area (Å²) in [6.45, 7) is 32.8. The van der Waals surface area contributed by atoms with Crippen LogP contribution in [0.2, 0.25) is 0 Å². The Labute approximate surface area is 402 Å². The summed E-state index contributed by atoms with van der Waals surface area (Å²) in [5, 5.41) is 0. The quantitative estimate of drug-likeness (QED) is 0.182. The minimum absolute atomic E-state index is 0. The summed E-state index contributed by atoms with van der Waals surface area (Å²) in [7, 11) is 18.1. The van der Waals surface area contributed by atoms with Gasteiger partial charge in [-0.15, -0.1) is 0 Å². The number of likely N-dealkylation sites (N-methyl/N-ethyl adjacent to an activating group) is 6. The number of carbonyl (C=O) groups is 6. The largest absolute Gasteiger partial charge is 2.00 e. The van der Waals surface area contributed by atoms with Crippen molar-refractivity contribution < 1.29 is 37.3 Å². The van der Waals surface area contributed by atoms with Gasteiger partial charge in [0.15, 0.2) is 0 Å². The molecule has 0 radical (unpaired) electrons. The molecular formula is C41H106Be3N12O6. The molecular weight excluding hydrogens is 784 g/mol. The standard InChI is InChI=1S/3C12H24N2O2.5CH5N.3Be.H3N.6H/c3*1-9(15)13(7)11(3,4)12(5,6)14(8)10(2)16;5*1-2;;;;;;;;;;/h3*1-8H3;5*2H2,1H3;;;;1H3;;;;;;/q;;;;;;;;3*+2;;6*-1. The number of rotatable bonds is 9. The summed E-state index contributed by atoms with van der Waals surface area (Å²) in [5.41, 5.74) is 19.9. The van der Waals surface area contributed by atoms with Gasteiger partial charge in [-0.05, 0) is 118 Å². The fourth-order valence-corrected chi connectivity index (χ4v) is 4.82. The maximum absolute atomic E-state index is 11.5. The van der Waals surface area contributed by atoms with Gasteiger partial charge in [-0.3, -0.25) is 28.8 Å². The van der Waals surface area contributed by atoms with Gasteiger partial charge in [0.1, 0.15) is 0 Å². The molecule has 0 aliphatic carbocycles. The van der Waals surface area contributed by atoms with Crippen LogP contribution in [0, 0.1) is 0 Å². The zero-order chi connectivity index (χ0) is 49.9. The van der Waals surface area contributed by atoms with Gasteiger partial charge < -0.3 is 72.8 Å². The van der Waals surface area contributed by atoms with E-state index < -0.39 is 33.2 Å². The molecule has 0 aromatic heterocycles. The Bertz CT molecular complexity index is 1000. The van der Waals surface area contributed by atoms with Crippen LogP contribution in [0.25, 0.3) is 0 Å². The second kappa shape index (κ2) is 39.7. The minimum Gasteiger partial charge on any atom is -1.00 e. The smallest absolute Gasteiger partial charge is 1.00 e. The molecule has 6 amide bonds. The Hall–Kier alpha value is -2.91. The molecule has 0 bridgehead atoms. The van der Waals surface area contributed by atoms with Gasteiger partial charge in [-0.2, -0.15) is 0 Å². The summed E-state index contributed by atoms with van der Waals surface area (Å²) in [6.07, 6.45) is 0. The molecule has 0 saturated heterocycles. The molecule has 0 saturated carbocycles. The van der Waals surface area contributed by atoms with Crippen molar-refractivity contribution in [3.8, 4) is 0 Å². The SMILES string of the molecule is CC(=O)N(C)C(C)(C)C(C)(C)N(C)C(C)=O.CC(=O)N(C)C(C)(C)C(C)(C)N(C)C(C)=O.CC(=O)N(C)C(C)(C)C(C)(C)N(C)C(C)=O.CN.CN.CN.CN.CN.N.[Be+2].[Be+2].[Be+2].[H-].[H-].[H-].[H-].[H-].[H-]. The molecule has 0 atom stereocenters. The van der Waals surface area contributed by atoms with Crippen molar-refractivity contribution in [2.75, 3.05) is 77.5 Å². The molecule has 0 aromatic carbocycles. The normalized spacial score (nSPS) is 9.97. The van der Waals surface area contributed by atoms with E-state index in [-0.39, 0.29) is 80.5 Å². The third-order valence-electron chi connectivity index (χ3n) is 12.4. The second-order valence-corrected chi connectivity index (χ2v) is 15.8. The molecule has 372 valence electrons. The number of carbonyl (C=O) groups excluding carboxylic acids is 6. The van der Waals surface area contributed by atoms with Crippen LogP contribution in [0.1, 0.15) is 133 Å². The molecule has 0 aliphatic rings. The Kier molecular flexibility index (Phi) is 57.5. The van der Waals surface area contributed by atoms with E-state index >= 15 is 0 Å². The number of hydrogen-bond acceptors (Lipinski definition) is 12. The Morgan fingerprint density at radius 3 is 0.355 bits per heavy atom. The summed E-state index contributed by atoms with van der Waals surface area (Å²) in [4.78, 5) is 78.8. The second-order valence-electron chi connectivity index (χ2n) is 15.8. The molecule has 0 aromatic rings. The van der Waals surface area contributed by atoms with Gasteiger partial charge in [-0.25, -0.2) is 0 Å². The summed E-state index contributed by atoms with van der Waals surface area (Å²) < 4.78 is 0. The number of nitrogens with zero attached hydrogens (tertiary/aromatic N) is 6. The van der Waals surface area contributed by atoms with E-state index in [1.54, 1.807) is 71.7 Å². The van der Waals surface area contributed by atoms with Crippen molar-refractivity contribution in [2.24, 2.45) is 28.7 Å². The Morgan fingerprint density at radius 1 is 0.274 bits per heavy atom. The maximum Gasteiger partial charge on any atom is 2.00 e. The van der Waals surface area contributed by atoms with E-state index in [4.69, 9.17) is 0 Å². The van der Waals surface area contributed by atoms with Crippen LogP contribution in [0.3, 0.4) is 0 Å². The van der Waals surface area contributed by atoms with Crippen molar-refractivity contribution in [1.82, 2.24) is 35.6 Å². The number of nitrogens with two attached hydrogens (primary N) is 5. The van der Waals surface area contributed by atoms with E-state index in [1.807, 2.05) is 83.1 Å². The third kappa shape index (κ3) is 25.4. The van der Waals surface area contributed by atoms with Gasteiger partial charge >= 0.3 is 30.4 Å². The van der Waals surface area contributed by atoms with Crippen molar-refractivity contribution >= 4 is 65.8 Å². The van der Waals surface area contributed by atoms with Gasteiger partial charge in [-0.1, -0.05) is 0 Å². The fourth-order valence-electron chi connectivity index (χ4n) is 4.82. The first-order valence-corrected chi connectivity index (χ1v) is 19.2. The van der Waals surface area contributed by atoms with Crippen LogP contribution in [0.15, 0.2) is 0 Å². The first kappa shape index (κ1) is 89.9. The molecule has 0 spiro atoms. The van der Waals surface area contributed by atoms with E-state index in [2.05, 4.69) is 28.7 Å². The topological polar surface area (TPSA) is 287 Å². The summed E-state index contributed by atoms with van der Waals surface area (Å²) in [6, 6.07) is 0. The van der Waals surface area contributed by atoms with Crippen LogP contribution in [-0.4, -0.2) is 206 Å². The molecule has 0 heterocycles. The average molecular weight is 890 g/mol. The van der Waals surface area contributed by atoms with E-state index in [9.17, 15) is 28.8 Å². The van der Waals surface area contributed by atoms with Gasteiger partial charge in [0.2, 0.25) is 35.4 Å². The molecule has 0 fully saturated rings. The van der Waals surface area contributed by atoms with Crippen LogP contribution < -0.4 is 34.8 Å². The van der Waals surface area contributed by atoms with Crippen LogP contribution >= 0.6 is 0 Å². The first-order valence-electron chi connectivity index (χ1n) is 19.2. The summed E-state index contributed by atoms with van der Waals surface area (Å²) >= 11 is 0. The van der Waals surface area contributed by atoms with Crippen LogP contribution in [-0.2, 0) is 28.8 Å². The average Bonchev–Trinajstić information content (AvgIpc) is 3.16. The van der Waals surface area contributed by atoms with Crippen molar-refractivity contribution in [3.63, 3.8) is 0 Å². The Balaban J connectivity index is -0.0000000294. The molecule has 0 unspecified atom stereocenters. The molecule has 21 heteroatoms. The van der Waals surface area contributed by atoms with Crippen LogP contribution in [0.4, 0.5) is 0 Å². The van der Waals surface area contributed by atoms with E-state index in [0.717, 1.165) is 0 Å². The number of hydrogen-bond donors (Lipinski definition) is 6. The fraction of sp³-hybridized carbons (Fsp3) is 0.854. The molecule has 18 nitrogen and oxygen atoms in total. The molecule has 0 rings (SSSR count). The zero-order valence-corrected chi connectivity index (χ0v) is 45.8. The third-order valence-corrected chi connectivity index (χ3v) is 12.4.